The molecule has 0 aliphatic carbocycles. The van der Waals surface area contributed by atoms with Crippen molar-refractivity contribution in [1.82, 2.24) is 14.5 Å². The Morgan fingerprint density at radius 1 is 0.647 bits per heavy atom. The molecule has 3 aromatic heterocycles. The molecule has 0 saturated heterocycles. The van der Waals surface area contributed by atoms with Gasteiger partial charge in [0.15, 0.2) is 0 Å². The Labute approximate surface area is 312 Å². The maximum Gasteiger partial charge on any atom is 0.120 e. The number of benzene rings is 6. The van der Waals surface area contributed by atoms with Crippen LogP contribution in [0.15, 0.2) is 162 Å². The standard InChI is InChI=1S/C31H19N2O.C14H16NSi.Ir/c1-2-10-21(11-3-1)22-12-8-13-23(20-22)33-28-18-6-5-17-27(28)32-31(33)26-16-9-15-25-24-14-4-7-19-29(24)34-30(25)26;1-16(2,3)13-9-10-14(15-11-13)12-7-5-4-6-8-12;/h1-15,17-20H;4-7,9-11H,1-3H3;/q2*-1;. The average molecular weight is 854 g/mol. The zero-order valence-electron chi connectivity index (χ0n) is 28.6. The third-order valence-corrected chi connectivity index (χ3v) is 11.0. The van der Waals surface area contributed by atoms with E-state index in [1.807, 2.05) is 66.9 Å². The van der Waals surface area contributed by atoms with Gasteiger partial charge < -0.3 is 14.0 Å². The first-order valence-corrected chi connectivity index (χ1v) is 20.3. The van der Waals surface area contributed by atoms with Crippen molar-refractivity contribution in [3.63, 3.8) is 0 Å². The molecule has 0 atom stereocenters. The summed E-state index contributed by atoms with van der Waals surface area (Å²) < 4.78 is 8.54. The number of hydrogen-bond acceptors (Lipinski definition) is 3. The molecular formula is C45H35IrN3OSi-2. The van der Waals surface area contributed by atoms with Gasteiger partial charge in [0.2, 0.25) is 0 Å². The van der Waals surface area contributed by atoms with Crippen molar-refractivity contribution in [3.8, 4) is 39.5 Å². The van der Waals surface area contributed by atoms with Gasteiger partial charge >= 0.3 is 0 Å². The van der Waals surface area contributed by atoms with E-state index in [2.05, 4.69) is 132 Å². The third-order valence-electron chi connectivity index (χ3n) is 8.95. The van der Waals surface area contributed by atoms with Crippen molar-refractivity contribution in [3.05, 3.63) is 170 Å². The predicted octanol–water partition coefficient (Wildman–Crippen LogP) is 11.2. The van der Waals surface area contributed by atoms with Gasteiger partial charge in [-0.25, -0.2) is 0 Å². The molecule has 51 heavy (non-hydrogen) atoms. The molecule has 0 aliphatic rings. The molecule has 6 aromatic carbocycles. The van der Waals surface area contributed by atoms with Gasteiger partial charge in [0.25, 0.3) is 0 Å². The van der Waals surface area contributed by atoms with E-state index in [9.17, 15) is 0 Å². The number of rotatable bonds is 5. The monoisotopic (exact) mass is 854 g/mol. The number of imidazole rings is 1. The number of fused-ring (bicyclic) bond motifs is 4. The van der Waals surface area contributed by atoms with E-state index in [4.69, 9.17) is 9.40 Å². The molecule has 1 radical (unpaired) electrons. The molecule has 9 rings (SSSR count). The van der Waals surface area contributed by atoms with Gasteiger partial charge in [-0.1, -0.05) is 116 Å². The molecule has 0 aliphatic heterocycles. The van der Waals surface area contributed by atoms with Crippen LogP contribution in [0.2, 0.25) is 19.6 Å². The van der Waals surface area contributed by atoms with Gasteiger partial charge in [0.05, 0.1) is 30.5 Å². The topological polar surface area (TPSA) is 43.9 Å². The SMILES string of the molecule is C[Si](C)(C)c1ccc(-c2[c-]cccc2)nc1.[Ir].[c-]1ccc2c(oc3ccccc32)c1-c1nc2ccccc2n1-c1cccc(-c2ccccc2)c1. The Kier molecular flexibility index (Phi) is 9.66. The molecule has 0 N–H and O–H groups in total. The summed E-state index contributed by atoms with van der Waals surface area (Å²) >= 11 is 0. The molecule has 6 heteroatoms. The van der Waals surface area contributed by atoms with Crippen molar-refractivity contribution in [2.45, 2.75) is 19.6 Å². The molecule has 0 unspecified atom stereocenters. The Bertz CT molecular complexity index is 2570. The van der Waals surface area contributed by atoms with E-state index >= 15 is 0 Å². The number of hydrogen-bond donors (Lipinski definition) is 0. The van der Waals surface area contributed by atoms with E-state index in [-0.39, 0.29) is 20.1 Å². The van der Waals surface area contributed by atoms with Crippen LogP contribution >= 0.6 is 0 Å². The molecule has 4 nitrogen and oxygen atoms in total. The van der Waals surface area contributed by atoms with Crippen LogP contribution in [-0.2, 0) is 20.1 Å². The van der Waals surface area contributed by atoms with Crippen molar-refractivity contribution in [1.29, 1.82) is 0 Å². The van der Waals surface area contributed by atoms with E-state index in [0.29, 0.717) is 0 Å². The first-order chi connectivity index (χ1) is 24.4. The minimum Gasteiger partial charge on any atom is -0.501 e. The summed E-state index contributed by atoms with van der Waals surface area (Å²) in [6.07, 6.45) is 2.02. The summed E-state index contributed by atoms with van der Waals surface area (Å²) in [5.74, 6) is 0.816. The zero-order valence-corrected chi connectivity index (χ0v) is 32.0. The molecule has 0 bridgehead atoms. The summed E-state index contributed by atoms with van der Waals surface area (Å²) in [5, 5.41) is 3.56. The van der Waals surface area contributed by atoms with Crippen LogP contribution in [0, 0.1) is 12.1 Å². The second-order valence-corrected chi connectivity index (χ2v) is 18.4. The van der Waals surface area contributed by atoms with Crippen LogP contribution < -0.4 is 5.19 Å². The summed E-state index contributed by atoms with van der Waals surface area (Å²) in [6, 6.07) is 58.3. The quantitative estimate of drug-likeness (QED) is 0.128. The van der Waals surface area contributed by atoms with E-state index < -0.39 is 8.07 Å². The zero-order chi connectivity index (χ0) is 34.1. The van der Waals surface area contributed by atoms with Crippen molar-refractivity contribution < 1.29 is 24.5 Å². The van der Waals surface area contributed by atoms with Crippen LogP contribution in [0.25, 0.3) is 72.4 Å². The molecule has 0 saturated carbocycles. The predicted molar refractivity (Wildman–Crippen MR) is 210 cm³/mol. The number of pyridine rings is 1. The maximum absolute atomic E-state index is 6.33. The van der Waals surface area contributed by atoms with Gasteiger partial charge in [-0.2, -0.15) is 0 Å². The van der Waals surface area contributed by atoms with E-state index in [1.165, 1.54) is 10.8 Å². The fourth-order valence-corrected chi connectivity index (χ4v) is 7.35. The Balaban J connectivity index is 0.000000202. The van der Waals surface area contributed by atoms with Crippen LogP contribution in [0.1, 0.15) is 0 Å². The van der Waals surface area contributed by atoms with Gasteiger partial charge in [0.1, 0.15) is 5.58 Å². The number of nitrogens with zero attached hydrogens (tertiary/aromatic N) is 3. The fraction of sp³-hybridized carbons (Fsp3) is 0.0667. The third kappa shape index (κ3) is 6.86. The summed E-state index contributed by atoms with van der Waals surface area (Å²) in [5.41, 5.74) is 9.96. The maximum atomic E-state index is 6.33. The molecule has 0 amide bonds. The van der Waals surface area contributed by atoms with Crippen molar-refractivity contribution in [2.24, 2.45) is 0 Å². The number of para-hydroxylation sites is 3. The van der Waals surface area contributed by atoms with Crippen LogP contribution in [0.4, 0.5) is 0 Å². The summed E-state index contributed by atoms with van der Waals surface area (Å²) in [4.78, 5) is 9.57. The summed E-state index contributed by atoms with van der Waals surface area (Å²) in [6.45, 7) is 7.00. The Morgan fingerprint density at radius 2 is 1.41 bits per heavy atom. The average Bonchev–Trinajstić information content (AvgIpc) is 3.75. The normalized spacial score (nSPS) is 11.3. The van der Waals surface area contributed by atoms with Gasteiger partial charge in [0, 0.05) is 37.4 Å². The summed E-state index contributed by atoms with van der Waals surface area (Å²) in [7, 11) is -1.23. The number of furan rings is 1. The molecular weight excluding hydrogens is 819 g/mol. The first-order valence-electron chi connectivity index (χ1n) is 16.8. The van der Waals surface area contributed by atoms with Gasteiger partial charge in [-0.15, -0.1) is 54.1 Å². The molecule has 0 fully saturated rings. The molecule has 251 valence electrons. The molecule has 9 aromatic rings. The van der Waals surface area contributed by atoms with Crippen LogP contribution in [0.3, 0.4) is 0 Å². The molecule has 3 heterocycles. The van der Waals surface area contributed by atoms with Crippen LogP contribution in [-0.4, -0.2) is 22.6 Å². The minimum absolute atomic E-state index is 0. The van der Waals surface area contributed by atoms with Gasteiger partial charge in [-0.3, -0.25) is 4.98 Å². The van der Waals surface area contributed by atoms with E-state index in [1.54, 1.807) is 0 Å². The fourth-order valence-electron chi connectivity index (χ4n) is 6.32. The minimum atomic E-state index is -1.23. The van der Waals surface area contributed by atoms with Crippen molar-refractivity contribution in [2.75, 3.05) is 0 Å². The van der Waals surface area contributed by atoms with Crippen molar-refractivity contribution >= 4 is 46.2 Å². The first kappa shape index (κ1) is 34.1. The second kappa shape index (κ2) is 14.5. The Hall–Kier alpha value is -5.39. The molecule has 0 spiro atoms. The number of aromatic nitrogens is 3. The van der Waals surface area contributed by atoms with Crippen LogP contribution in [0.5, 0.6) is 0 Å². The van der Waals surface area contributed by atoms with E-state index in [0.717, 1.165) is 66.9 Å². The second-order valence-electron chi connectivity index (χ2n) is 13.3. The largest absolute Gasteiger partial charge is 0.501 e. The Morgan fingerprint density at radius 3 is 2.20 bits per heavy atom. The smallest absolute Gasteiger partial charge is 0.120 e. The van der Waals surface area contributed by atoms with Gasteiger partial charge in [-0.05, 0) is 52.3 Å².